The zero-order valence-corrected chi connectivity index (χ0v) is 32.4. The van der Waals surface area contributed by atoms with Gasteiger partial charge in [0.1, 0.15) is 12.4 Å². The number of allylic oxidation sites excluding steroid dienone is 1. The van der Waals surface area contributed by atoms with Crippen molar-refractivity contribution in [2.45, 2.75) is 132 Å². The topological polar surface area (TPSA) is 65.0 Å². The molecule has 0 saturated heterocycles. The monoisotopic (exact) mass is 882 g/mol. The Morgan fingerprint density at radius 2 is 1.14 bits per heavy atom. The maximum atomic E-state index is 14.9. The van der Waals surface area contributed by atoms with Gasteiger partial charge in [0.15, 0.2) is 8.32 Å². The summed E-state index contributed by atoms with van der Waals surface area (Å²) in [5.41, 5.74) is -0.917. The van der Waals surface area contributed by atoms with Gasteiger partial charge in [0, 0.05) is 12.0 Å². The van der Waals surface area contributed by atoms with Crippen LogP contribution in [0.5, 0.6) is 5.75 Å². The molecule has 5 nitrogen and oxygen atoms in total. The van der Waals surface area contributed by atoms with E-state index in [-0.39, 0.29) is 24.9 Å². The van der Waals surface area contributed by atoms with E-state index in [2.05, 4.69) is 0 Å². The Labute approximate surface area is 318 Å². The number of alkyl halides is 17. The number of benzene rings is 1. The molecule has 0 saturated carbocycles. The number of ether oxygens (including phenoxy) is 2. The summed E-state index contributed by atoms with van der Waals surface area (Å²) in [6, 6.07) is 4.51. The number of halogens is 17. The highest BCUT2D eigenvalue weighted by atomic mass is 28.4. The van der Waals surface area contributed by atoms with Gasteiger partial charge in [0.05, 0.1) is 19.3 Å². The summed E-state index contributed by atoms with van der Waals surface area (Å²) in [6.07, 6.45) is -9.45. The second-order valence-electron chi connectivity index (χ2n) is 13.9. The Hall–Kier alpha value is -2.82. The minimum absolute atomic E-state index is 0.173. The van der Waals surface area contributed by atoms with Crippen molar-refractivity contribution in [3.8, 4) is 5.75 Å². The van der Waals surface area contributed by atoms with E-state index in [0.29, 0.717) is 17.6 Å². The summed E-state index contributed by atoms with van der Waals surface area (Å²) in [5.74, 6) is -57.4. The first kappa shape index (κ1) is 52.2. The fourth-order valence-corrected chi connectivity index (χ4v) is 10.1. The molecule has 57 heavy (non-hydrogen) atoms. The van der Waals surface area contributed by atoms with E-state index in [9.17, 15) is 84.5 Å². The molecule has 0 aromatic heterocycles. The standard InChI is InChI=1S/C34H43F17O5Si/c1-8-54-26(53)22(7)10-9-21(6)25(52)23-11-13-24(14-12-23)55-16-17-56-57(19(2)3,20(4)5)18-15-27(35,36)28(37,38)29(39,40)30(41,42)31(43,44)32(45,46)33(47,48)34(49,50)51/h10-14,19-21,25,52H,8-9,15-18H2,1-7H3/b22-10+/t21-,25-/m1/s1. The minimum atomic E-state index is -8.68. The quantitative estimate of drug-likeness (QED) is 0.0413. The Bertz CT molecular complexity index is 1490. The Morgan fingerprint density at radius 3 is 1.56 bits per heavy atom. The third kappa shape index (κ3) is 10.1. The van der Waals surface area contributed by atoms with E-state index in [1.54, 1.807) is 26.8 Å². The van der Waals surface area contributed by atoms with Crippen LogP contribution in [-0.4, -0.2) is 86.8 Å². The van der Waals surface area contributed by atoms with Crippen LogP contribution in [-0.2, 0) is 14.0 Å². The number of aliphatic hydroxyl groups is 1. The zero-order valence-electron chi connectivity index (χ0n) is 31.4. The van der Waals surface area contributed by atoms with E-state index in [4.69, 9.17) is 13.9 Å². The van der Waals surface area contributed by atoms with Gasteiger partial charge in [-0.2, -0.15) is 74.6 Å². The molecule has 2 atom stereocenters. The summed E-state index contributed by atoms with van der Waals surface area (Å²) in [4.78, 5) is 11.8. The lowest BCUT2D eigenvalue weighted by Gasteiger charge is -2.44. The molecule has 1 rings (SSSR count). The Balaban J connectivity index is 3.18. The van der Waals surface area contributed by atoms with Gasteiger partial charge in [0.2, 0.25) is 0 Å². The van der Waals surface area contributed by atoms with Crippen LogP contribution in [0.15, 0.2) is 35.9 Å². The molecule has 1 aromatic carbocycles. The SMILES string of the molecule is CCOC(=O)/C(C)=C/C[C@@H](C)[C@@H](O)c1ccc(OCCO[Si](CCC(F)(F)C(F)(F)C(F)(F)C(F)(F)C(F)(F)C(F)(F)C(F)(F)C(F)(F)F)(C(C)C)C(C)C)cc1. The lowest BCUT2D eigenvalue weighted by atomic mass is 9.88. The largest absolute Gasteiger partial charge is 0.491 e. The number of carbonyl (C=O) groups excluding carboxylic acids is 1. The highest BCUT2D eigenvalue weighted by molar-refractivity contribution is 6.76. The van der Waals surface area contributed by atoms with Crippen molar-refractivity contribution >= 4 is 14.3 Å². The van der Waals surface area contributed by atoms with Crippen molar-refractivity contribution in [2.24, 2.45) is 5.92 Å². The van der Waals surface area contributed by atoms with Crippen molar-refractivity contribution in [3.05, 3.63) is 41.5 Å². The van der Waals surface area contributed by atoms with Crippen LogP contribution in [0.2, 0.25) is 17.1 Å². The average Bonchev–Trinajstić information content (AvgIpc) is 3.08. The minimum Gasteiger partial charge on any atom is -0.491 e. The van der Waals surface area contributed by atoms with Crippen molar-refractivity contribution in [2.75, 3.05) is 19.8 Å². The fourth-order valence-electron chi connectivity index (χ4n) is 5.66. The second-order valence-corrected chi connectivity index (χ2v) is 19.0. The predicted octanol–water partition coefficient (Wildman–Crippen LogP) is 11.8. The molecular formula is C34H43F17O5Si. The van der Waals surface area contributed by atoms with Crippen LogP contribution >= 0.6 is 0 Å². The maximum absolute atomic E-state index is 14.9. The number of carbonyl (C=O) groups is 1. The van der Waals surface area contributed by atoms with Crippen molar-refractivity contribution in [1.29, 1.82) is 0 Å². The molecular weight excluding hydrogens is 839 g/mol. The predicted molar refractivity (Wildman–Crippen MR) is 173 cm³/mol. The van der Waals surface area contributed by atoms with Gasteiger partial charge in [-0.15, -0.1) is 0 Å². The molecule has 0 fully saturated rings. The van der Waals surface area contributed by atoms with Crippen LogP contribution in [0, 0.1) is 5.92 Å². The summed E-state index contributed by atoms with van der Waals surface area (Å²) in [7, 11) is -3.94. The van der Waals surface area contributed by atoms with Crippen molar-refractivity contribution < 1.29 is 98.4 Å². The molecule has 0 bridgehead atoms. The first-order valence-electron chi connectivity index (χ1n) is 17.1. The summed E-state index contributed by atoms with van der Waals surface area (Å²) in [6.45, 7) is 9.54. The molecule has 23 heteroatoms. The average molecular weight is 883 g/mol. The normalized spacial score (nSPS) is 15.9. The highest BCUT2D eigenvalue weighted by Crippen LogP contribution is 2.64. The van der Waals surface area contributed by atoms with Crippen LogP contribution in [0.25, 0.3) is 0 Å². The van der Waals surface area contributed by atoms with Gasteiger partial charge < -0.3 is 19.0 Å². The van der Waals surface area contributed by atoms with E-state index in [1.807, 2.05) is 0 Å². The van der Waals surface area contributed by atoms with Crippen molar-refractivity contribution in [3.63, 3.8) is 0 Å². The van der Waals surface area contributed by atoms with Crippen LogP contribution < -0.4 is 4.74 Å². The smallest absolute Gasteiger partial charge is 0.460 e. The number of esters is 1. The van der Waals surface area contributed by atoms with E-state index in [0.717, 1.165) is 0 Å². The summed E-state index contributed by atoms with van der Waals surface area (Å²) >= 11 is 0. The van der Waals surface area contributed by atoms with Gasteiger partial charge in [-0.25, -0.2) is 4.79 Å². The van der Waals surface area contributed by atoms with Gasteiger partial charge >= 0.3 is 53.6 Å². The molecule has 0 amide bonds. The van der Waals surface area contributed by atoms with Crippen LogP contribution in [0.3, 0.4) is 0 Å². The van der Waals surface area contributed by atoms with Gasteiger partial charge in [0.25, 0.3) is 0 Å². The van der Waals surface area contributed by atoms with E-state index < -0.39 is 98.2 Å². The molecule has 1 N–H and O–H groups in total. The van der Waals surface area contributed by atoms with Crippen molar-refractivity contribution in [1.82, 2.24) is 0 Å². The van der Waals surface area contributed by atoms with Crippen LogP contribution in [0.4, 0.5) is 74.6 Å². The van der Waals surface area contributed by atoms with Gasteiger partial charge in [-0.1, -0.05) is 52.8 Å². The number of hydrogen-bond donors (Lipinski definition) is 1. The van der Waals surface area contributed by atoms with E-state index >= 15 is 0 Å². The molecule has 0 aliphatic carbocycles. The molecule has 0 heterocycles. The van der Waals surface area contributed by atoms with E-state index in [1.165, 1.54) is 52.0 Å². The maximum Gasteiger partial charge on any atom is 0.460 e. The number of hydrogen-bond acceptors (Lipinski definition) is 5. The molecule has 332 valence electrons. The highest BCUT2D eigenvalue weighted by Gasteiger charge is 2.95. The second kappa shape index (κ2) is 18.2. The fraction of sp³-hybridized carbons (Fsp3) is 0.735. The molecule has 0 radical (unpaired) electrons. The van der Waals surface area contributed by atoms with Gasteiger partial charge in [-0.3, -0.25) is 0 Å². The first-order chi connectivity index (χ1) is 25.5. The Morgan fingerprint density at radius 1 is 0.702 bits per heavy atom. The number of rotatable bonds is 22. The lowest BCUT2D eigenvalue weighted by molar-refractivity contribution is -0.461. The third-order valence-corrected chi connectivity index (χ3v) is 15.1. The molecule has 0 aliphatic heterocycles. The van der Waals surface area contributed by atoms with Gasteiger partial charge in [-0.05, 0) is 61.0 Å². The Kier molecular flexibility index (Phi) is 16.7. The summed E-state index contributed by atoms with van der Waals surface area (Å²) in [5, 5.41) is 10.7. The zero-order chi connectivity index (χ0) is 45.0. The molecule has 1 aromatic rings. The van der Waals surface area contributed by atoms with Crippen LogP contribution in [0.1, 0.15) is 73.0 Å². The molecule has 0 unspecified atom stereocenters. The first-order valence-corrected chi connectivity index (χ1v) is 19.4. The number of aliphatic hydroxyl groups excluding tert-OH is 1. The molecule has 0 aliphatic rings. The third-order valence-electron chi connectivity index (χ3n) is 9.45. The molecule has 0 spiro atoms. The summed E-state index contributed by atoms with van der Waals surface area (Å²) < 4.78 is 250. The lowest BCUT2D eigenvalue weighted by Crippen LogP contribution is -2.74.